The first-order valence-electron chi connectivity index (χ1n) is 9.85. The van der Waals surface area contributed by atoms with E-state index in [2.05, 4.69) is 46.4 Å². The first kappa shape index (κ1) is 19.4. The minimum atomic E-state index is -0.336. The molecule has 2 aromatic rings. The van der Waals surface area contributed by atoms with Gasteiger partial charge in [0.2, 0.25) is 0 Å². The zero-order chi connectivity index (χ0) is 19.1. The summed E-state index contributed by atoms with van der Waals surface area (Å²) >= 11 is 0. The minimum Gasteiger partial charge on any atom is -0.462 e. The number of aromatic nitrogens is 1. The highest BCUT2D eigenvalue weighted by molar-refractivity contribution is 5.89. The Kier molecular flexibility index (Phi) is 6.82. The van der Waals surface area contributed by atoms with Gasteiger partial charge in [-0.15, -0.1) is 0 Å². The third kappa shape index (κ3) is 5.30. The maximum absolute atomic E-state index is 11.7. The number of pyridine rings is 1. The lowest BCUT2D eigenvalue weighted by molar-refractivity contribution is 0.0526. The standard InChI is InChI=1S/C22H29N3O2/c1-3-27-22(26)19-11-12-21(24-15-19)23-14-18-9-4-5-10-20(18)16-25-13-7-6-8-17(25)2/h4-5,9-12,15,17H,3,6-8,13-14,16H2,1-2H3,(H,23,24). The summed E-state index contributed by atoms with van der Waals surface area (Å²) in [7, 11) is 0. The van der Waals surface area contributed by atoms with Crippen molar-refractivity contribution in [2.75, 3.05) is 18.5 Å². The van der Waals surface area contributed by atoms with Crippen LogP contribution in [-0.4, -0.2) is 35.0 Å². The number of anilines is 1. The molecule has 0 radical (unpaired) electrons. The van der Waals surface area contributed by atoms with Crippen LogP contribution < -0.4 is 5.32 Å². The van der Waals surface area contributed by atoms with E-state index in [9.17, 15) is 4.79 Å². The molecule has 1 unspecified atom stereocenters. The van der Waals surface area contributed by atoms with Gasteiger partial charge in [0.15, 0.2) is 0 Å². The number of benzene rings is 1. The van der Waals surface area contributed by atoms with E-state index >= 15 is 0 Å². The molecule has 5 heteroatoms. The fourth-order valence-corrected chi connectivity index (χ4v) is 3.51. The van der Waals surface area contributed by atoms with Crippen molar-refractivity contribution in [1.29, 1.82) is 0 Å². The Bertz CT molecular complexity index is 745. The lowest BCUT2D eigenvalue weighted by atomic mass is 10.0. The minimum absolute atomic E-state index is 0.336. The van der Waals surface area contributed by atoms with Gasteiger partial charge >= 0.3 is 5.97 Å². The Morgan fingerprint density at radius 3 is 2.74 bits per heavy atom. The zero-order valence-corrected chi connectivity index (χ0v) is 16.3. The smallest absolute Gasteiger partial charge is 0.339 e. The van der Waals surface area contributed by atoms with E-state index in [0.717, 1.165) is 12.4 Å². The average Bonchev–Trinajstić information content (AvgIpc) is 2.69. The topological polar surface area (TPSA) is 54.5 Å². The summed E-state index contributed by atoms with van der Waals surface area (Å²) in [5.74, 6) is 0.418. The predicted molar refractivity (Wildman–Crippen MR) is 108 cm³/mol. The van der Waals surface area contributed by atoms with E-state index in [1.165, 1.54) is 36.9 Å². The number of nitrogens with zero attached hydrogens (tertiary/aromatic N) is 2. The van der Waals surface area contributed by atoms with Gasteiger partial charge in [-0.25, -0.2) is 9.78 Å². The summed E-state index contributed by atoms with van der Waals surface area (Å²) in [6, 6.07) is 12.8. The van der Waals surface area contributed by atoms with Crippen LogP contribution in [-0.2, 0) is 17.8 Å². The molecule has 27 heavy (non-hydrogen) atoms. The summed E-state index contributed by atoms with van der Waals surface area (Å²) in [6.45, 7) is 7.38. The zero-order valence-electron chi connectivity index (χ0n) is 16.3. The summed E-state index contributed by atoms with van der Waals surface area (Å²) in [5, 5.41) is 3.37. The monoisotopic (exact) mass is 367 g/mol. The molecule has 1 aromatic heterocycles. The van der Waals surface area contributed by atoms with Gasteiger partial charge < -0.3 is 10.1 Å². The van der Waals surface area contributed by atoms with Crippen LogP contribution in [0.2, 0.25) is 0 Å². The molecule has 1 fully saturated rings. The Hall–Kier alpha value is -2.40. The number of hydrogen-bond acceptors (Lipinski definition) is 5. The molecule has 1 aliphatic rings. The number of piperidine rings is 1. The molecule has 1 N–H and O–H groups in total. The van der Waals surface area contributed by atoms with Crippen LogP contribution in [0.1, 0.15) is 54.6 Å². The fourth-order valence-electron chi connectivity index (χ4n) is 3.51. The quantitative estimate of drug-likeness (QED) is 0.742. The van der Waals surface area contributed by atoms with Crippen molar-refractivity contribution in [3.63, 3.8) is 0 Å². The lowest BCUT2D eigenvalue weighted by Crippen LogP contribution is -2.37. The van der Waals surface area contributed by atoms with E-state index in [1.807, 2.05) is 6.07 Å². The number of esters is 1. The number of nitrogens with one attached hydrogen (secondary N) is 1. The van der Waals surface area contributed by atoms with Crippen molar-refractivity contribution in [1.82, 2.24) is 9.88 Å². The second kappa shape index (κ2) is 9.51. The number of hydrogen-bond donors (Lipinski definition) is 1. The van der Waals surface area contributed by atoms with Gasteiger partial charge in [-0.1, -0.05) is 30.7 Å². The summed E-state index contributed by atoms with van der Waals surface area (Å²) < 4.78 is 4.99. The van der Waals surface area contributed by atoms with Gasteiger partial charge in [-0.2, -0.15) is 0 Å². The number of likely N-dealkylation sites (tertiary alicyclic amines) is 1. The van der Waals surface area contributed by atoms with Crippen LogP contribution in [0, 0.1) is 0 Å². The molecule has 1 aliphatic heterocycles. The van der Waals surface area contributed by atoms with Crippen molar-refractivity contribution < 1.29 is 9.53 Å². The van der Waals surface area contributed by atoms with E-state index in [0.29, 0.717) is 24.8 Å². The SMILES string of the molecule is CCOC(=O)c1ccc(NCc2ccccc2CN2CCCCC2C)nc1. The molecular formula is C22H29N3O2. The molecule has 2 heterocycles. The molecule has 0 bridgehead atoms. The molecule has 1 saturated heterocycles. The third-order valence-corrected chi connectivity index (χ3v) is 5.17. The van der Waals surface area contributed by atoms with Crippen molar-refractivity contribution in [2.24, 2.45) is 0 Å². The molecule has 5 nitrogen and oxygen atoms in total. The first-order valence-corrected chi connectivity index (χ1v) is 9.85. The lowest BCUT2D eigenvalue weighted by Gasteiger charge is -2.33. The molecule has 0 spiro atoms. The molecule has 1 aromatic carbocycles. The van der Waals surface area contributed by atoms with Gasteiger partial charge in [0.05, 0.1) is 12.2 Å². The van der Waals surface area contributed by atoms with Crippen LogP contribution in [0.5, 0.6) is 0 Å². The number of rotatable bonds is 7. The summed E-state index contributed by atoms with van der Waals surface area (Å²) in [5.41, 5.74) is 3.12. The Balaban J connectivity index is 1.62. The number of carbonyl (C=O) groups excluding carboxylic acids is 1. The van der Waals surface area contributed by atoms with Gasteiger partial charge in [0, 0.05) is 25.3 Å². The highest BCUT2D eigenvalue weighted by Crippen LogP contribution is 2.21. The van der Waals surface area contributed by atoms with Gasteiger partial charge in [0.1, 0.15) is 5.82 Å². The Morgan fingerprint density at radius 2 is 2.04 bits per heavy atom. The van der Waals surface area contributed by atoms with E-state index in [4.69, 9.17) is 4.74 Å². The van der Waals surface area contributed by atoms with E-state index in [-0.39, 0.29) is 5.97 Å². The predicted octanol–water partition coefficient (Wildman–Crippen LogP) is 4.24. The van der Waals surface area contributed by atoms with Crippen molar-refractivity contribution >= 4 is 11.8 Å². The molecule has 1 atom stereocenters. The van der Waals surface area contributed by atoms with Gasteiger partial charge in [-0.05, 0) is 56.5 Å². The molecule has 0 amide bonds. The van der Waals surface area contributed by atoms with Crippen molar-refractivity contribution in [2.45, 2.75) is 52.2 Å². The van der Waals surface area contributed by atoms with E-state index in [1.54, 1.807) is 19.2 Å². The third-order valence-electron chi connectivity index (χ3n) is 5.17. The first-order chi connectivity index (χ1) is 13.2. The van der Waals surface area contributed by atoms with Crippen LogP contribution >= 0.6 is 0 Å². The largest absolute Gasteiger partial charge is 0.462 e. The van der Waals surface area contributed by atoms with Crippen LogP contribution in [0.15, 0.2) is 42.6 Å². The van der Waals surface area contributed by atoms with E-state index < -0.39 is 0 Å². The molecule has 144 valence electrons. The second-order valence-corrected chi connectivity index (χ2v) is 7.09. The normalized spacial score (nSPS) is 17.5. The highest BCUT2D eigenvalue weighted by atomic mass is 16.5. The van der Waals surface area contributed by atoms with Crippen LogP contribution in [0.25, 0.3) is 0 Å². The Morgan fingerprint density at radius 1 is 1.22 bits per heavy atom. The fraction of sp³-hybridized carbons (Fsp3) is 0.455. The Labute approximate surface area is 161 Å². The van der Waals surface area contributed by atoms with Crippen molar-refractivity contribution in [3.8, 4) is 0 Å². The maximum atomic E-state index is 11.7. The molecule has 0 saturated carbocycles. The highest BCUT2D eigenvalue weighted by Gasteiger charge is 2.19. The molecular weight excluding hydrogens is 338 g/mol. The summed E-state index contributed by atoms with van der Waals surface area (Å²) in [6.07, 6.45) is 5.48. The average molecular weight is 367 g/mol. The van der Waals surface area contributed by atoms with Crippen LogP contribution in [0.4, 0.5) is 5.82 Å². The number of ether oxygens (including phenoxy) is 1. The summed E-state index contributed by atoms with van der Waals surface area (Å²) in [4.78, 5) is 18.6. The number of carbonyl (C=O) groups is 1. The van der Waals surface area contributed by atoms with Gasteiger partial charge in [-0.3, -0.25) is 4.90 Å². The molecule has 0 aliphatic carbocycles. The van der Waals surface area contributed by atoms with Crippen molar-refractivity contribution in [3.05, 3.63) is 59.3 Å². The second-order valence-electron chi connectivity index (χ2n) is 7.09. The molecule has 3 rings (SSSR count). The maximum Gasteiger partial charge on any atom is 0.339 e. The van der Waals surface area contributed by atoms with Crippen LogP contribution in [0.3, 0.4) is 0 Å². The van der Waals surface area contributed by atoms with Gasteiger partial charge in [0.25, 0.3) is 0 Å².